The molecular weight excluding hydrogens is 470 g/mol. The Morgan fingerprint density at radius 1 is 1.00 bits per heavy atom. The van der Waals surface area contributed by atoms with E-state index in [0.29, 0.717) is 43.1 Å². The van der Waals surface area contributed by atoms with E-state index >= 15 is 0 Å². The molecule has 188 valence electrons. The Morgan fingerprint density at radius 2 is 1.77 bits per heavy atom. The van der Waals surface area contributed by atoms with Crippen molar-refractivity contribution in [2.24, 2.45) is 5.92 Å². The Kier molecular flexibility index (Phi) is 7.32. The zero-order valence-electron chi connectivity index (χ0n) is 20.2. The lowest BCUT2D eigenvalue weighted by Gasteiger charge is -2.32. The molecule has 0 radical (unpaired) electrons. The van der Waals surface area contributed by atoms with Crippen LogP contribution in [0.4, 0.5) is 11.4 Å². The van der Waals surface area contributed by atoms with E-state index in [1.54, 1.807) is 41.3 Å². The van der Waals surface area contributed by atoms with Gasteiger partial charge in [0.2, 0.25) is 21.8 Å². The molecule has 1 saturated heterocycles. The van der Waals surface area contributed by atoms with Crippen LogP contribution >= 0.6 is 0 Å². The van der Waals surface area contributed by atoms with Crippen molar-refractivity contribution in [1.29, 1.82) is 0 Å². The van der Waals surface area contributed by atoms with Crippen LogP contribution in [-0.2, 0) is 26.0 Å². The lowest BCUT2D eigenvalue weighted by Crippen LogP contribution is -2.43. The van der Waals surface area contributed by atoms with E-state index < -0.39 is 15.9 Å². The van der Waals surface area contributed by atoms with Gasteiger partial charge in [0.1, 0.15) is 0 Å². The van der Waals surface area contributed by atoms with Crippen molar-refractivity contribution in [2.45, 2.75) is 37.5 Å². The van der Waals surface area contributed by atoms with Crippen molar-refractivity contribution in [3.63, 3.8) is 0 Å². The summed E-state index contributed by atoms with van der Waals surface area (Å²) in [4.78, 5) is 26.8. The molecule has 1 atom stereocenters. The molecule has 2 amide bonds. The molecule has 10 heteroatoms. The van der Waals surface area contributed by atoms with Gasteiger partial charge in [-0.1, -0.05) is 0 Å². The number of amides is 2. The molecule has 35 heavy (non-hydrogen) atoms. The first-order valence-corrected chi connectivity index (χ1v) is 13.1. The first kappa shape index (κ1) is 25.0. The predicted octanol–water partition coefficient (Wildman–Crippen LogP) is 3.04. The van der Waals surface area contributed by atoms with Crippen LogP contribution < -0.4 is 19.7 Å². The molecule has 0 aliphatic carbocycles. The maximum Gasteiger partial charge on any atom is 0.243 e. The molecule has 4 rings (SSSR count). The number of methoxy groups -OCH3 is 2. The number of rotatable bonds is 6. The fraction of sp³-hybridized carbons (Fsp3) is 0.440. The Labute approximate surface area is 206 Å². The minimum absolute atomic E-state index is 0.0547. The Balaban J connectivity index is 1.49. The van der Waals surface area contributed by atoms with Gasteiger partial charge in [-0.05, 0) is 61.6 Å². The van der Waals surface area contributed by atoms with Crippen molar-refractivity contribution < 1.29 is 27.5 Å². The largest absolute Gasteiger partial charge is 0.493 e. The smallest absolute Gasteiger partial charge is 0.243 e. The predicted molar refractivity (Wildman–Crippen MR) is 132 cm³/mol. The molecule has 2 aromatic rings. The third-order valence-corrected chi connectivity index (χ3v) is 8.45. The molecular formula is C25H31N3O6S. The topological polar surface area (TPSA) is 105 Å². The second-order valence-electron chi connectivity index (χ2n) is 8.83. The van der Waals surface area contributed by atoms with Crippen molar-refractivity contribution in [1.82, 2.24) is 4.31 Å². The van der Waals surface area contributed by atoms with E-state index in [1.165, 1.54) is 25.4 Å². The number of carbonyl (C=O) groups excluding carboxylic acids is 2. The van der Waals surface area contributed by atoms with Gasteiger partial charge in [-0.15, -0.1) is 0 Å². The maximum absolute atomic E-state index is 13.5. The molecule has 0 aromatic heterocycles. The summed E-state index contributed by atoms with van der Waals surface area (Å²) in [6.45, 7) is 2.62. The Morgan fingerprint density at radius 3 is 2.49 bits per heavy atom. The van der Waals surface area contributed by atoms with E-state index in [9.17, 15) is 18.0 Å². The van der Waals surface area contributed by atoms with Gasteiger partial charge >= 0.3 is 0 Å². The molecule has 0 spiro atoms. The molecule has 1 fully saturated rings. The zero-order valence-corrected chi connectivity index (χ0v) is 21.1. The third-order valence-electron chi connectivity index (χ3n) is 6.59. The van der Waals surface area contributed by atoms with Gasteiger partial charge in [0.15, 0.2) is 11.5 Å². The number of nitrogens with one attached hydrogen (secondary N) is 1. The van der Waals surface area contributed by atoms with Gasteiger partial charge in [-0.3, -0.25) is 9.59 Å². The molecule has 0 bridgehead atoms. The number of anilines is 2. The Bertz CT molecular complexity index is 1230. The summed E-state index contributed by atoms with van der Waals surface area (Å²) in [5.74, 6) is 0.281. The highest BCUT2D eigenvalue weighted by Gasteiger charge is 2.34. The normalized spacial score (nSPS) is 18.5. The van der Waals surface area contributed by atoms with Crippen molar-refractivity contribution in [3.8, 4) is 11.5 Å². The van der Waals surface area contributed by atoms with Crippen molar-refractivity contribution in [2.75, 3.05) is 44.1 Å². The van der Waals surface area contributed by atoms with Crippen LogP contribution in [-0.4, -0.2) is 58.4 Å². The third kappa shape index (κ3) is 5.13. The van der Waals surface area contributed by atoms with E-state index in [0.717, 1.165) is 24.1 Å². The summed E-state index contributed by atoms with van der Waals surface area (Å²) in [6.07, 6.45) is 2.70. The highest BCUT2D eigenvalue weighted by atomic mass is 32.2. The Hall–Kier alpha value is -3.11. The average Bonchev–Trinajstić information content (AvgIpc) is 2.87. The quantitative estimate of drug-likeness (QED) is 0.652. The number of hydrogen-bond donors (Lipinski definition) is 1. The summed E-state index contributed by atoms with van der Waals surface area (Å²) in [5, 5.41) is 2.87. The first-order chi connectivity index (χ1) is 16.7. The molecule has 1 unspecified atom stereocenters. The van der Waals surface area contributed by atoms with Gasteiger partial charge < -0.3 is 19.7 Å². The highest BCUT2D eigenvalue weighted by molar-refractivity contribution is 7.89. The van der Waals surface area contributed by atoms with E-state index in [4.69, 9.17) is 9.47 Å². The summed E-state index contributed by atoms with van der Waals surface area (Å²) in [7, 11) is -0.723. The van der Waals surface area contributed by atoms with Crippen LogP contribution in [0.3, 0.4) is 0 Å². The number of hydrogen-bond acceptors (Lipinski definition) is 6. The molecule has 2 aromatic carbocycles. The second kappa shape index (κ2) is 10.2. The minimum atomic E-state index is -3.78. The monoisotopic (exact) mass is 501 g/mol. The summed E-state index contributed by atoms with van der Waals surface area (Å²) < 4.78 is 38.8. The number of ether oxygens (including phenoxy) is 2. The van der Waals surface area contributed by atoms with Crippen LogP contribution in [0.1, 0.15) is 31.7 Å². The first-order valence-electron chi connectivity index (χ1n) is 11.7. The summed E-state index contributed by atoms with van der Waals surface area (Å²) in [5.41, 5.74) is 2.18. The highest BCUT2D eigenvalue weighted by Crippen LogP contribution is 2.33. The number of carbonyl (C=O) groups is 2. The van der Waals surface area contributed by atoms with Crippen LogP contribution in [0, 0.1) is 5.92 Å². The van der Waals surface area contributed by atoms with Crippen molar-refractivity contribution >= 4 is 33.2 Å². The molecule has 1 N–H and O–H groups in total. The standard InChI is InChI=1S/C25H31N3O6S/c1-17(29)28-13-5-6-18-14-21(9-10-22(18)28)35(31,32)27-12-4-7-19(16-27)25(30)26-20-8-11-23(33-2)24(15-20)34-3/h8-11,14-15,19H,4-7,12-13,16H2,1-3H3,(H,26,30). The van der Waals surface area contributed by atoms with E-state index in [1.807, 2.05) is 0 Å². The summed E-state index contributed by atoms with van der Waals surface area (Å²) >= 11 is 0. The van der Waals surface area contributed by atoms with Crippen LogP contribution in [0.5, 0.6) is 11.5 Å². The van der Waals surface area contributed by atoms with E-state index in [-0.39, 0.29) is 23.3 Å². The molecule has 2 heterocycles. The van der Waals surface area contributed by atoms with Crippen LogP contribution in [0.25, 0.3) is 0 Å². The number of sulfonamides is 1. The summed E-state index contributed by atoms with van der Waals surface area (Å²) in [6, 6.07) is 10.0. The molecule has 2 aliphatic rings. The van der Waals surface area contributed by atoms with Gasteiger partial charge in [0.05, 0.1) is 25.0 Å². The molecule has 2 aliphatic heterocycles. The van der Waals surface area contributed by atoms with Gasteiger partial charge in [0.25, 0.3) is 0 Å². The number of fused-ring (bicyclic) bond motifs is 1. The lowest BCUT2D eigenvalue weighted by atomic mass is 9.98. The lowest BCUT2D eigenvalue weighted by molar-refractivity contribution is -0.121. The van der Waals surface area contributed by atoms with Gasteiger partial charge in [-0.2, -0.15) is 4.31 Å². The number of nitrogens with zero attached hydrogens (tertiary/aromatic N) is 2. The number of piperidine rings is 1. The molecule has 9 nitrogen and oxygen atoms in total. The second-order valence-corrected chi connectivity index (χ2v) is 10.8. The van der Waals surface area contributed by atoms with E-state index in [2.05, 4.69) is 5.32 Å². The van der Waals surface area contributed by atoms with Gasteiger partial charge in [-0.25, -0.2) is 8.42 Å². The van der Waals surface area contributed by atoms with Gasteiger partial charge in [0, 0.05) is 44.0 Å². The zero-order chi connectivity index (χ0) is 25.2. The SMILES string of the molecule is COc1ccc(NC(=O)C2CCCN(S(=O)(=O)c3ccc4c(c3)CCCN4C(C)=O)C2)cc1OC. The average molecular weight is 502 g/mol. The number of aryl methyl sites for hydroxylation is 1. The maximum atomic E-state index is 13.5. The molecule has 0 saturated carbocycles. The number of benzene rings is 2. The fourth-order valence-electron chi connectivity index (χ4n) is 4.74. The van der Waals surface area contributed by atoms with Crippen molar-refractivity contribution in [3.05, 3.63) is 42.0 Å². The minimum Gasteiger partial charge on any atom is -0.493 e. The fourth-order valence-corrected chi connectivity index (χ4v) is 6.32. The van der Waals surface area contributed by atoms with Crippen LogP contribution in [0.2, 0.25) is 0 Å². The van der Waals surface area contributed by atoms with Crippen LogP contribution in [0.15, 0.2) is 41.3 Å².